The fraction of sp³-hybridized carbons (Fsp3) is 0.357. The van der Waals surface area contributed by atoms with E-state index in [-0.39, 0.29) is 5.92 Å². The van der Waals surface area contributed by atoms with E-state index in [9.17, 15) is 9.90 Å². The first-order chi connectivity index (χ1) is 8.13. The maximum Gasteiger partial charge on any atom is 0.311 e. The van der Waals surface area contributed by atoms with Gasteiger partial charge in [0.25, 0.3) is 0 Å². The minimum Gasteiger partial charge on any atom is -0.497 e. The van der Waals surface area contributed by atoms with Crippen molar-refractivity contribution in [2.75, 3.05) is 7.11 Å². The molecule has 0 aromatic heterocycles. The maximum atomic E-state index is 11.3. The lowest BCUT2D eigenvalue weighted by Crippen LogP contribution is -2.19. The van der Waals surface area contributed by atoms with Crippen molar-refractivity contribution in [3.63, 3.8) is 0 Å². The molecule has 0 saturated carbocycles. The second-order valence-electron chi connectivity index (χ2n) is 3.90. The van der Waals surface area contributed by atoms with E-state index in [0.717, 1.165) is 17.7 Å². The number of carbonyl (C=O) groups is 1. The molecule has 0 fully saturated rings. The molecule has 3 nitrogen and oxygen atoms in total. The van der Waals surface area contributed by atoms with Gasteiger partial charge in [-0.1, -0.05) is 25.1 Å². The summed E-state index contributed by atoms with van der Waals surface area (Å²) < 4.78 is 5.05. The van der Waals surface area contributed by atoms with Crippen LogP contribution in [-0.4, -0.2) is 18.2 Å². The molecule has 17 heavy (non-hydrogen) atoms. The van der Waals surface area contributed by atoms with Crippen LogP contribution in [0, 0.1) is 5.92 Å². The minimum absolute atomic E-state index is 0.0547. The summed E-state index contributed by atoms with van der Waals surface area (Å²) in [7, 11) is 1.59. The van der Waals surface area contributed by atoms with Crippen LogP contribution in [0.5, 0.6) is 5.75 Å². The molecule has 2 atom stereocenters. The number of aliphatic carboxylic acids is 1. The molecule has 0 spiro atoms. The van der Waals surface area contributed by atoms with Crippen molar-refractivity contribution < 1.29 is 14.6 Å². The van der Waals surface area contributed by atoms with Crippen LogP contribution < -0.4 is 4.74 Å². The zero-order chi connectivity index (χ0) is 12.8. The summed E-state index contributed by atoms with van der Waals surface area (Å²) in [4.78, 5) is 11.3. The van der Waals surface area contributed by atoms with Crippen LogP contribution in [0.3, 0.4) is 0 Å². The summed E-state index contributed by atoms with van der Waals surface area (Å²) in [6, 6.07) is 7.15. The zero-order valence-electron chi connectivity index (χ0n) is 10.2. The average molecular weight is 234 g/mol. The van der Waals surface area contributed by atoms with Crippen molar-refractivity contribution in [3.05, 3.63) is 42.5 Å². The SMILES string of the molecule is C=CC(CC)C(C(=O)O)c1ccc(OC)cc1. The van der Waals surface area contributed by atoms with Crippen molar-refractivity contribution in [1.29, 1.82) is 0 Å². The number of hydrogen-bond donors (Lipinski definition) is 1. The van der Waals surface area contributed by atoms with Crippen LogP contribution in [-0.2, 0) is 4.79 Å². The molecule has 0 bridgehead atoms. The smallest absolute Gasteiger partial charge is 0.311 e. The van der Waals surface area contributed by atoms with Crippen LogP contribution >= 0.6 is 0 Å². The average Bonchev–Trinajstić information content (AvgIpc) is 2.35. The van der Waals surface area contributed by atoms with Crippen molar-refractivity contribution in [1.82, 2.24) is 0 Å². The van der Waals surface area contributed by atoms with Gasteiger partial charge in [0.15, 0.2) is 0 Å². The highest BCUT2D eigenvalue weighted by atomic mass is 16.5. The van der Waals surface area contributed by atoms with Crippen molar-refractivity contribution in [2.45, 2.75) is 19.3 Å². The molecule has 0 heterocycles. The summed E-state index contributed by atoms with van der Waals surface area (Å²) in [5.74, 6) is -0.684. The number of carboxylic acids is 1. The quantitative estimate of drug-likeness (QED) is 0.769. The lowest BCUT2D eigenvalue weighted by molar-refractivity contribution is -0.139. The number of allylic oxidation sites excluding steroid dienone is 1. The van der Waals surface area contributed by atoms with E-state index < -0.39 is 11.9 Å². The predicted molar refractivity (Wildman–Crippen MR) is 67.3 cm³/mol. The number of ether oxygens (including phenoxy) is 1. The molecule has 92 valence electrons. The monoisotopic (exact) mass is 234 g/mol. The molecule has 1 aromatic rings. The molecule has 0 saturated heterocycles. The predicted octanol–water partition coefficient (Wildman–Crippen LogP) is 3.08. The van der Waals surface area contributed by atoms with E-state index in [2.05, 4.69) is 6.58 Å². The van der Waals surface area contributed by atoms with Gasteiger partial charge in [0.2, 0.25) is 0 Å². The number of benzene rings is 1. The Hall–Kier alpha value is -1.77. The lowest BCUT2D eigenvalue weighted by Gasteiger charge is -2.20. The first kappa shape index (κ1) is 13.3. The number of rotatable bonds is 6. The molecule has 3 heteroatoms. The van der Waals surface area contributed by atoms with Gasteiger partial charge in [-0.2, -0.15) is 0 Å². The van der Waals surface area contributed by atoms with Crippen LogP contribution in [0.2, 0.25) is 0 Å². The van der Waals surface area contributed by atoms with Gasteiger partial charge in [0, 0.05) is 0 Å². The van der Waals surface area contributed by atoms with Crippen LogP contribution in [0.15, 0.2) is 36.9 Å². The number of carboxylic acid groups (broad SMARTS) is 1. The van der Waals surface area contributed by atoms with Gasteiger partial charge >= 0.3 is 5.97 Å². The van der Waals surface area contributed by atoms with E-state index in [4.69, 9.17) is 4.74 Å². The van der Waals surface area contributed by atoms with Crippen molar-refractivity contribution in [3.8, 4) is 5.75 Å². The van der Waals surface area contributed by atoms with Gasteiger partial charge in [0.1, 0.15) is 5.75 Å². The molecular formula is C14H18O3. The zero-order valence-corrected chi connectivity index (χ0v) is 10.2. The lowest BCUT2D eigenvalue weighted by atomic mass is 9.84. The Bertz CT molecular complexity index is 381. The topological polar surface area (TPSA) is 46.5 Å². The second kappa shape index (κ2) is 6.09. The molecule has 1 aromatic carbocycles. The van der Waals surface area contributed by atoms with Gasteiger partial charge < -0.3 is 9.84 Å². The Morgan fingerprint density at radius 3 is 2.41 bits per heavy atom. The minimum atomic E-state index is -0.818. The molecule has 1 rings (SSSR count). The standard InChI is InChI=1S/C14H18O3/c1-4-10(5-2)13(14(15)16)11-6-8-12(17-3)9-7-11/h4,6-10,13H,1,5H2,2-3H3,(H,15,16). The second-order valence-corrected chi connectivity index (χ2v) is 3.90. The van der Waals surface area contributed by atoms with E-state index in [1.807, 2.05) is 6.92 Å². The molecule has 0 aliphatic rings. The Balaban J connectivity index is 3.04. The largest absolute Gasteiger partial charge is 0.497 e. The summed E-state index contributed by atoms with van der Waals surface area (Å²) >= 11 is 0. The highest BCUT2D eigenvalue weighted by Gasteiger charge is 2.26. The van der Waals surface area contributed by atoms with Gasteiger partial charge in [0.05, 0.1) is 13.0 Å². The van der Waals surface area contributed by atoms with Gasteiger partial charge in [-0.05, 0) is 30.0 Å². The molecular weight excluding hydrogens is 216 g/mol. The Kier molecular flexibility index (Phi) is 4.76. The Labute approximate surface area is 102 Å². The highest BCUT2D eigenvalue weighted by Crippen LogP contribution is 2.29. The third-order valence-electron chi connectivity index (χ3n) is 2.94. The van der Waals surface area contributed by atoms with Gasteiger partial charge in [-0.3, -0.25) is 4.79 Å². The van der Waals surface area contributed by atoms with E-state index in [1.165, 1.54) is 0 Å². The summed E-state index contributed by atoms with van der Waals surface area (Å²) in [6.45, 7) is 5.67. The number of hydrogen-bond acceptors (Lipinski definition) is 2. The van der Waals surface area contributed by atoms with Gasteiger partial charge in [-0.25, -0.2) is 0 Å². The summed E-state index contributed by atoms with van der Waals surface area (Å²) in [5, 5.41) is 9.31. The molecule has 0 aliphatic carbocycles. The fourth-order valence-corrected chi connectivity index (χ4v) is 1.92. The summed E-state index contributed by atoms with van der Waals surface area (Å²) in [6.07, 6.45) is 2.47. The molecule has 2 unspecified atom stereocenters. The molecule has 0 radical (unpaired) electrons. The molecule has 0 aliphatic heterocycles. The molecule has 0 amide bonds. The third-order valence-corrected chi connectivity index (χ3v) is 2.94. The first-order valence-electron chi connectivity index (χ1n) is 5.63. The number of methoxy groups -OCH3 is 1. The first-order valence-corrected chi connectivity index (χ1v) is 5.63. The third kappa shape index (κ3) is 3.09. The normalized spacial score (nSPS) is 13.8. The van der Waals surface area contributed by atoms with Crippen LogP contribution in [0.25, 0.3) is 0 Å². The van der Waals surface area contributed by atoms with E-state index in [0.29, 0.717) is 0 Å². The molecule has 1 N–H and O–H groups in total. The highest BCUT2D eigenvalue weighted by molar-refractivity contribution is 5.77. The van der Waals surface area contributed by atoms with Gasteiger partial charge in [-0.15, -0.1) is 6.58 Å². The van der Waals surface area contributed by atoms with E-state index >= 15 is 0 Å². The van der Waals surface area contributed by atoms with Crippen molar-refractivity contribution in [2.24, 2.45) is 5.92 Å². The van der Waals surface area contributed by atoms with Crippen LogP contribution in [0.4, 0.5) is 0 Å². The van der Waals surface area contributed by atoms with Crippen molar-refractivity contribution >= 4 is 5.97 Å². The Morgan fingerprint density at radius 1 is 1.47 bits per heavy atom. The maximum absolute atomic E-state index is 11.3. The summed E-state index contributed by atoms with van der Waals surface area (Å²) in [5.41, 5.74) is 0.782. The van der Waals surface area contributed by atoms with E-state index in [1.54, 1.807) is 37.5 Å². The fourth-order valence-electron chi connectivity index (χ4n) is 1.92. The van der Waals surface area contributed by atoms with Crippen LogP contribution in [0.1, 0.15) is 24.8 Å². The Morgan fingerprint density at radius 2 is 2.06 bits per heavy atom.